The topological polar surface area (TPSA) is 46.5 Å². The molecule has 4 saturated carbocycles. The van der Waals surface area contributed by atoms with Crippen molar-refractivity contribution in [3.05, 3.63) is 0 Å². The first-order chi connectivity index (χ1) is 15.0. The smallest absolute Gasteiger partial charge is 0.302 e. The Hall–Kier alpha value is -0.570. The molecule has 3 nitrogen and oxygen atoms in total. The summed E-state index contributed by atoms with van der Waals surface area (Å²) in [5, 5.41) is 11.9. The highest BCUT2D eigenvalue weighted by molar-refractivity contribution is 5.66. The summed E-state index contributed by atoms with van der Waals surface area (Å²) >= 11 is 0. The van der Waals surface area contributed by atoms with E-state index in [1.807, 2.05) is 0 Å². The number of hydrogen-bond acceptors (Lipinski definition) is 3. The molecule has 0 aliphatic heterocycles. The fourth-order valence-electron chi connectivity index (χ4n) is 9.57. The summed E-state index contributed by atoms with van der Waals surface area (Å²) in [6.07, 6.45) is 14.1. The molecule has 0 aromatic carbocycles. The predicted octanol–water partition coefficient (Wildman–Crippen LogP) is 7.15. The molecule has 3 heteroatoms. The largest absolute Gasteiger partial charge is 0.462 e. The van der Waals surface area contributed by atoms with E-state index in [0.29, 0.717) is 17.8 Å². The van der Waals surface area contributed by atoms with Crippen LogP contribution in [-0.4, -0.2) is 22.8 Å². The van der Waals surface area contributed by atoms with Gasteiger partial charge in [0, 0.05) is 13.3 Å². The highest BCUT2D eigenvalue weighted by Crippen LogP contribution is 2.69. The number of rotatable bonds is 6. The Morgan fingerprint density at radius 1 is 0.969 bits per heavy atom. The molecule has 0 saturated heterocycles. The van der Waals surface area contributed by atoms with Gasteiger partial charge in [-0.15, -0.1) is 0 Å². The molecule has 0 aromatic heterocycles. The van der Waals surface area contributed by atoms with E-state index >= 15 is 0 Å². The SMILES string of the molecule is CC(=O)O[C@H]1CC[C@]2(C)[C@H]3CC[C@]4(C)[C@@H]([C@H](C)CCCC(C)C)CC[C@H]4[C@@H]3CC[C@@]2(O)C1. The fourth-order valence-corrected chi connectivity index (χ4v) is 9.57. The maximum atomic E-state index is 11.9. The van der Waals surface area contributed by atoms with Gasteiger partial charge in [0.25, 0.3) is 0 Å². The van der Waals surface area contributed by atoms with Gasteiger partial charge in [-0.25, -0.2) is 0 Å². The zero-order valence-corrected chi connectivity index (χ0v) is 21.8. The van der Waals surface area contributed by atoms with E-state index < -0.39 is 5.60 Å². The number of fused-ring (bicyclic) bond motifs is 5. The van der Waals surface area contributed by atoms with Crippen LogP contribution in [0.25, 0.3) is 0 Å². The molecule has 0 spiro atoms. The lowest BCUT2D eigenvalue weighted by Crippen LogP contribution is -2.63. The number of ether oxygens (including phenoxy) is 1. The Morgan fingerprint density at radius 2 is 1.72 bits per heavy atom. The first-order valence-electron chi connectivity index (χ1n) is 13.9. The molecule has 0 amide bonds. The molecular weight excluding hydrogens is 396 g/mol. The second-order valence-corrected chi connectivity index (χ2v) is 13.4. The van der Waals surface area contributed by atoms with Crippen molar-refractivity contribution >= 4 is 5.97 Å². The average Bonchev–Trinajstić information content (AvgIpc) is 3.05. The first-order valence-corrected chi connectivity index (χ1v) is 13.9. The van der Waals surface area contributed by atoms with E-state index in [0.717, 1.165) is 55.3 Å². The van der Waals surface area contributed by atoms with E-state index in [9.17, 15) is 9.90 Å². The minimum Gasteiger partial charge on any atom is -0.462 e. The first kappa shape index (κ1) is 24.6. The van der Waals surface area contributed by atoms with Gasteiger partial charge in [0.1, 0.15) is 6.10 Å². The summed E-state index contributed by atoms with van der Waals surface area (Å²) < 4.78 is 5.56. The molecular formula is C29H50O3. The molecule has 0 bridgehead atoms. The summed E-state index contributed by atoms with van der Waals surface area (Å²) in [5.41, 5.74) is -0.184. The second kappa shape index (κ2) is 8.90. The maximum absolute atomic E-state index is 11.9. The summed E-state index contributed by atoms with van der Waals surface area (Å²) in [6.45, 7) is 13.8. The minimum atomic E-state index is -0.664. The number of carbonyl (C=O) groups excluding carboxylic acids is 1. The third-order valence-electron chi connectivity index (χ3n) is 11.3. The quantitative estimate of drug-likeness (QED) is 0.440. The zero-order chi connectivity index (χ0) is 23.3. The lowest BCUT2D eigenvalue weighted by Gasteiger charge is -2.64. The van der Waals surface area contributed by atoms with E-state index in [4.69, 9.17) is 4.74 Å². The van der Waals surface area contributed by atoms with Gasteiger partial charge in [0.05, 0.1) is 5.60 Å². The van der Waals surface area contributed by atoms with Crippen molar-refractivity contribution in [3.8, 4) is 0 Å². The highest BCUT2D eigenvalue weighted by Gasteiger charge is 2.64. The normalized spacial score (nSPS) is 46.8. The zero-order valence-electron chi connectivity index (χ0n) is 21.8. The van der Waals surface area contributed by atoms with Crippen molar-refractivity contribution in [2.75, 3.05) is 0 Å². The Kier molecular flexibility index (Phi) is 6.83. The van der Waals surface area contributed by atoms with E-state index in [2.05, 4.69) is 34.6 Å². The van der Waals surface area contributed by atoms with Gasteiger partial charge in [-0.1, -0.05) is 53.9 Å². The van der Waals surface area contributed by atoms with E-state index in [-0.39, 0.29) is 17.5 Å². The number of aliphatic hydroxyl groups is 1. The minimum absolute atomic E-state index is 0.0190. The van der Waals surface area contributed by atoms with Crippen LogP contribution in [0.1, 0.15) is 119 Å². The van der Waals surface area contributed by atoms with Gasteiger partial charge < -0.3 is 9.84 Å². The Morgan fingerprint density at radius 3 is 2.41 bits per heavy atom. The summed E-state index contributed by atoms with van der Waals surface area (Å²) in [6, 6.07) is 0. The molecule has 0 aromatic rings. The van der Waals surface area contributed by atoms with Crippen LogP contribution in [0.4, 0.5) is 0 Å². The molecule has 1 N–H and O–H groups in total. The molecule has 4 rings (SSSR count). The lowest BCUT2D eigenvalue weighted by molar-refractivity contribution is -0.224. The average molecular weight is 447 g/mol. The monoisotopic (exact) mass is 446 g/mol. The van der Waals surface area contributed by atoms with Gasteiger partial charge in [0.2, 0.25) is 0 Å². The molecule has 4 aliphatic carbocycles. The molecule has 184 valence electrons. The molecule has 0 unspecified atom stereocenters. The van der Waals surface area contributed by atoms with Crippen molar-refractivity contribution in [2.45, 2.75) is 130 Å². The van der Waals surface area contributed by atoms with Crippen LogP contribution in [0, 0.1) is 46.3 Å². The van der Waals surface area contributed by atoms with Crippen molar-refractivity contribution in [1.82, 2.24) is 0 Å². The van der Waals surface area contributed by atoms with Crippen LogP contribution < -0.4 is 0 Å². The van der Waals surface area contributed by atoms with Crippen LogP contribution in [0.2, 0.25) is 0 Å². The Bertz CT molecular complexity index is 688. The van der Waals surface area contributed by atoms with Gasteiger partial charge in [-0.3, -0.25) is 4.79 Å². The third-order valence-corrected chi connectivity index (χ3v) is 11.3. The van der Waals surface area contributed by atoms with Crippen LogP contribution in [0.5, 0.6) is 0 Å². The van der Waals surface area contributed by atoms with Gasteiger partial charge in [-0.05, 0) is 97.7 Å². The molecule has 0 radical (unpaired) electrons. The van der Waals surface area contributed by atoms with Gasteiger partial charge in [-0.2, -0.15) is 0 Å². The fraction of sp³-hybridized carbons (Fsp3) is 0.966. The molecule has 4 aliphatic rings. The summed E-state index contributed by atoms with van der Waals surface area (Å²) in [5.74, 6) is 4.59. The Labute approximate surface area is 197 Å². The maximum Gasteiger partial charge on any atom is 0.302 e. The predicted molar refractivity (Wildman–Crippen MR) is 130 cm³/mol. The molecule has 32 heavy (non-hydrogen) atoms. The summed E-state index contributed by atoms with van der Waals surface area (Å²) in [7, 11) is 0. The Balaban J connectivity index is 1.47. The highest BCUT2D eigenvalue weighted by atomic mass is 16.5. The summed E-state index contributed by atoms with van der Waals surface area (Å²) in [4.78, 5) is 11.5. The van der Waals surface area contributed by atoms with E-state index in [1.54, 1.807) is 0 Å². The van der Waals surface area contributed by atoms with E-state index in [1.165, 1.54) is 51.9 Å². The lowest BCUT2D eigenvalue weighted by atomic mass is 9.43. The van der Waals surface area contributed by atoms with Crippen LogP contribution in [0.3, 0.4) is 0 Å². The third kappa shape index (κ3) is 4.07. The number of hydrogen-bond donors (Lipinski definition) is 1. The van der Waals surface area contributed by atoms with Crippen LogP contribution in [-0.2, 0) is 9.53 Å². The van der Waals surface area contributed by atoms with Gasteiger partial charge >= 0.3 is 5.97 Å². The molecule has 9 atom stereocenters. The van der Waals surface area contributed by atoms with Crippen molar-refractivity contribution in [2.24, 2.45) is 46.3 Å². The van der Waals surface area contributed by atoms with Crippen molar-refractivity contribution in [1.29, 1.82) is 0 Å². The second-order valence-electron chi connectivity index (χ2n) is 13.4. The standard InChI is InChI=1S/C29H50O3/c1-19(2)8-7-9-20(3)24-10-11-25-23-13-17-29(31)18-22(32-21(4)30)12-16-28(29,6)26(23)14-15-27(24,25)5/h19-20,22-26,31H,7-18H2,1-6H3/t20-,22+,23+,24-,25+,26+,27-,28-,29-/m1/s1. The van der Waals surface area contributed by atoms with Gasteiger partial charge in [0.15, 0.2) is 0 Å². The number of esters is 1. The van der Waals surface area contributed by atoms with Crippen LogP contribution in [0.15, 0.2) is 0 Å². The van der Waals surface area contributed by atoms with Crippen LogP contribution >= 0.6 is 0 Å². The van der Waals surface area contributed by atoms with Crippen molar-refractivity contribution in [3.63, 3.8) is 0 Å². The molecule has 4 fully saturated rings. The molecule has 0 heterocycles. The van der Waals surface area contributed by atoms with Crippen molar-refractivity contribution < 1.29 is 14.6 Å². The number of carbonyl (C=O) groups is 1.